The number of ether oxygens (including phenoxy) is 1. The fourth-order valence-electron chi connectivity index (χ4n) is 3.78. The second kappa shape index (κ2) is 9.20. The van der Waals surface area contributed by atoms with Gasteiger partial charge in [-0.15, -0.1) is 0 Å². The predicted molar refractivity (Wildman–Crippen MR) is 113 cm³/mol. The third-order valence-corrected chi connectivity index (χ3v) is 5.24. The lowest BCUT2D eigenvalue weighted by Gasteiger charge is -2.31. The van der Waals surface area contributed by atoms with Crippen LogP contribution in [0.2, 0.25) is 0 Å². The van der Waals surface area contributed by atoms with Gasteiger partial charge in [0.1, 0.15) is 5.82 Å². The zero-order chi connectivity index (χ0) is 20.1. The number of rotatable bonds is 7. The maximum Gasteiger partial charge on any atom is 0.220 e. The molecule has 6 heteroatoms. The summed E-state index contributed by atoms with van der Waals surface area (Å²) in [4.78, 5) is 22.5. The number of fused-ring (bicyclic) bond motifs is 1. The Labute approximate surface area is 171 Å². The minimum Gasteiger partial charge on any atom is -0.376 e. The molecule has 1 aliphatic heterocycles. The SMILES string of the molecule is CC1CN(Cc2cccc(CNC(=O)CCc3nc4ccccc4[nH]3)c2)CCO1. The molecule has 3 aromatic rings. The summed E-state index contributed by atoms with van der Waals surface area (Å²) in [6.07, 6.45) is 1.32. The molecule has 1 aromatic heterocycles. The van der Waals surface area contributed by atoms with E-state index in [0.717, 1.165) is 48.7 Å². The summed E-state index contributed by atoms with van der Waals surface area (Å²) in [5.41, 5.74) is 4.35. The number of imidazole rings is 1. The fourth-order valence-corrected chi connectivity index (χ4v) is 3.78. The molecule has 1 unspecified atom stereocenters. The van der Waals surface area contributed by atoms with E-state index in [1.807, 2.05) is 24.3 Å². The van der Waals surface area contributed by atoms with Crippen LogP contribution in [0, 0.1) is 0 Å². The van der Waals surface area contributed by atoms with Crippen LogP contribution in [0.3, 0.4) is 0 Å². The Kier molecular flexibility index (Phi) is 6.22. The highest BCUT2D eigenvalue weighted by atomic mass is 16.5. The monoisotopic (exact) mass is 392 g/mol. The molecule has 0 radical (unpaired) electrons. The summed E-state index contributed by atoms with van der Waals surface area (Å²) in [7, 11) is 0. The van der Waals surface area contributed by atoms with Crippen molar-refractivity contribution < 1.29 is 9.53 Å². The van der Waals surface area contributed by atoms with Gasteiger partial charge in [0.05, 0.1) is 23.7 Å². The Morgan fingerprint density at radius 2 is 2.10 bits per heavy atom. The first-order valence-electron chi connectivity index (χ1n) is 10.3. The fraction of sp³-hybridized carbons (Fsp3) is 0.391. The van der Waals surface area contributed by atoms with Gasteiger partial charge >= 0.3 is 0 Å². The summed E-state index contributed by atoms with van der Waals surface area (Å²) < 4.78 is 5.61. The number of H-pyrrole nitrogens is 1. The maximum absolute atomic E-state index is 12.3. The molecule has 1 amide bonds. The number of aromatic nitrogens is 2. The zero-order valence-corrected chi connectivity index (χ0v) is 16.9. The van der Waals surface area contributed by atoms with Gasteiger partial charge in [0.2, 0.25) is 5.91 Å². The predicted octanol–water partition coefficient (Wildman–Crippen LogP) is 3.03. The van der Waals surface area contributed by atoms with E-state index in [9.17, 15) is 4.79 Å². The standard InChI is InChI=1S/C23H28N4O2/c1-17-15-27(11-12-29-17)16-19-6-4-5-18(13-19)14-24-23(28)10-9-22-25-20-7-2-3-8-21(20)26-22/h2-8,13,17H,9-12,14-16H2,1H3,(H,24,28)(H,25,26). The number of benzene rings is 2. The van der Waals surface area contributed by atoms with Crippen LogP contribution in [0.15, 0.2) is 48.5 Å². The molecule has 0 saturated carbocycles. The van der Waals surface area contributed by atoms with Crippen molar-refractivity contribution in [3.8, 4) is 0 Å². The van der Waals surface area contributed by atoms with Gasteiger partial charge in [0, 0.05) is 39.0 Å². The molecule has 1 fully saturated rings. The van der Waals surface area contributed by atoms with Gasteiger partial charge in [-0.25, -0.2) is 4.98 Å². The quantitative estimate of drug-likeness (QED) is 0.648. The smallest absolute Gasteiger partial charge is 0.220 e. The van der Waals surface area contributed by atoms with Crippen molar-refractivity contribution in [2.24, 2.45) is 0 Å². The van der Waals surface area contributed by atoms with Gasteiger partial charge in [0.15, 0.2) is 0 Å². The average molecular weight is 393 g/mol. The van der Waals surface area contributed by atoms with Crippen molar-refractivity contribution in [3.05, 3.63) is 65.5 Å². The van der Waals surface area contributed by atoms with Crippen molar-refractivity contribution in [2.75, 3.05) is 19.7 Å². The third kappa shape index (κ3) is 5.43. The molecule has 152 valence electrons. The molecule has 1 atom stereocenters. The summed E-state index contributed by atoms with van der Waals surface area (Å²) in [5.74, 6) is 0.890. The molecule has 2 N–H and O–H groups in total. The van der Waals surface area contributed by atoms with Gasteiger partial charge in [-0.05, 0) is 30.2 Å². The molecule has 2 aromatic carbocycles. The number of hydrogen-bond acceptors (Lipinski definition) is 4. The van der Waals surface area contributed by atoms with E-state index in [4.69, 9.17) is 4.74 Å². The highest BCUT2D eigenvalue weighted by Crippen LogP contribution is 2.13. The molecule has 6 nitrogen and oxygen atoms in total. The van der Waals surface area contributed by atoms with E-state index in [0.29, 0.717) is 19.4 Å². The molecule has 2 heterocycles. The molecule has 0 aliphatic carbocycles. The number of carbonyl (C=O) groups excluding carboxylic acids is 1. The summed E-state index contributed by atoms with van der Waals surface area (Å²) in [6, 6.07) is 16.4. The molecule has 29 heavy (non-hydrogen) atoms. The number of amides is 1. The second-order valence-corrected chi connectivity index (χ2v) is 7.71. The first kappa shape index (κ1) is 19.6. The number of hydrogen-bond donors (Lipinski definition) is 2. The number of carbonyl (C=O) groups is 1. The number of aryl methyl sites for hydroxylation is 1. The van der Waals surface area contributed by atoms with Crippen molar-refractivity contribution in [3.63, 3.8) is 0 Å². The molecule has 1 aliphatic rings. The Hall–Kier alpha value is -2.70. The maximum atomic E-state index is 12.3. The lowest BCUT2D eigenvalue weighted by molar-refractivity contribution is -0.121. The summed E-state index contributed by atoms with van der Waals surface area (Å²) >= 11 is 0. The van der Waals surface area contributed by atoms with Crippen LogP contribution in [0.5, 0.6) is 0 Å². The van der Waals surface area contributed by atoms with Crippen molar-refractivity contribution in [1.29, 1.82) is 0 Å². The first-order chi connectivity index (χ1) is 14.2. The summed E-state index contributed by atoms with van der Waals surface area (Å²) in [6.45, 7) is 6.30. The van der Waals surface area contributed by atoms with Crippen LogP contribution in [-0.2, 0) is 29.0 Å². The highest BCUT2D eigenvalue weighted by molar-refractivity contribution is 5.77. The number of para-hydroxylation sites is 2. The Morgan fingerprint density at radius 3 is 2.97 bits per heavy atom. The normalized spacial score (nSPS) is 17.5. The van der Waals surface area contributed by atoms with Crippen molar-refractivity contribution >= 4 is 16.9 Å². The van der Waals surface area contributed by atoms with Crippen molar-refractivity contribution in [2.45, 2.75) is 39.0 Å². The summed E-state index contributed by atoms with van der Waals surface area (Å²) in [5, 5.41) is 3.03. The van der Waals surface area contributed by atoms with E-state index < -0.39 is 0 Å². The minimum atomic E-state index is 0.0397. The van der Waals surface area contributed by atoms with E-state index >= 15 is 0 Å². The van der Waals surface area contributed by atoms with Gasteiger partial charge in [-0.1, -0.05) is 36.4 Å². The third-order valence-electron chi connectivity index (χ3n) is 5.24. The van der Waals surface area contributed by atoms with Crippen LogP contribution in [-0.4, -0.2) is 46.6 Å². The molecule has 0 bridgehead atoms. The number of nitrogens with zero attached hydrogens (tertiary/aromatic N) is 2. The molecular formula is C23H28N4O2. The Balaban J connectivity index is 1.25. The van der Waals surface area contributed by atoms with E-state index in [1.54, 1.807) is 0 Å². The number of morpholine rings is 1. The molecule has 4 rings (SSSR count). The lowest BCUT2D eigenvalue weighted by Crippen LogP contribution is -2.40. The minimum absolute atomic E-state index is 0.0397. The van der Waals surface area contributed by atoms with Crippen molar-refractivity contribution in [1.82, 2.24) is 20.2 Å². The number of nitrogens with one attached hydrogen (secondary N) is 2. The average Bonchev–Trinajstić information content (AvgIpc) is 3.14. The molecular weight excluding hydrogens is 364 g/mol. The van der Waals surface area contributed by atoms with E-state index in [-0.39, 0.29) is 12.0 Å². The highest BCUT2D eigenvalue weighted by Gasteiger charge is 2.16. The largest absolute Gasteiger partial charge is 0.376 e. The van der Waals surface area contributed by atoms with Gasteiger partial charge < -0.3 is 15.0 Å². The molecule has 1 saturated heterocycles. The van der Waals surface area contributed by atoms with E-state index in [2.05, 4.69) is 51.4 Å². The zero-order valence-electron chi connectivity index (χ0n) is 16.9. The first-order valence-corrected chi connectivity index (χ1v) is 10.3. The van der Waals surface area contributed by atoms with Crippen LogP contribution < -0.4 is 5.32 Å². The van der Waals surface area contributed by atoms with Gasteiger partial charge in [0.25, 0.3) is 0 Å². The Morgan fingerprint density at radius 1 is 1.24 bits per heavy atom. The second-order valence-electron chi connectivity index (χ2n) is 7.71. The van der Waals surface area contributed by atoms with Gasteiger partial charge in [-0.3, -0.25) is 9.69 Å². The van der Waals surface area contributed by atoms with Crippen LogP contribution in [0.1, 0.15) is 30.3 Å². The van der Waals surface area contributed by atoms with Crippen LogP contribution in [0.25, 0.3) is 11.0 Å². The Bertz CT molecular complexity index is 935. The lowest BCUT2D eigenvalue weighted by atomic mass is 10.1. The molecule has 0 spiro atoms. The van der Waals surface area contributed by atoms with E-state index in [1.165, 1.54) is 5.56 Å². The van der Waals surface area contributed by atoms with Gasteiger partial charge in [-0.2, -0.15) is 0 Å². The van der Waals surface area contributed by atoms with Crippen LogP contribution >= 0.6 is 0 Å². The van der Waals surface area contributed by atoms with Crippen LogP contribution in [0.4, 0.5) is 0 Å². The number of aromatic amines is 1. The topological polar surface area (TPSA) is 70.2 Å².